The van der Waals surface area contributed by atoms with Crippen LogP contribution in [-0.2, 0) is 9.53 Å². The minimum Gasteiger partial charge on any atom is -0.380 e. The smallest absolute Gasteiger partial charge is 0.223 e. The molecule has 0 aromatic heterocycles. The number of ether oxygens (including phenoxy) is 1. The normalized spacial score (nSPS) is 16.4. The zero-order valence-electron chi connectivity index (χ0n) is 11.5. The first-order valence-electron chi connectivity index (χ1n) is 6.76. The molecule has 2 N–H and O–H groups in total. The predicted octanol–water partition coefficient (Wildman–Crippen LogP) is 1.59. The van der Waals surface area contributed by atoms with Crippen molar-refractivity contribution in [2.75, 3.05) is 32.8 Å². The maximum Gasteiger partial charge on any atom is 0.223 e. The zero-order chi connectivity index (χ0) is 12.5. The molecular formula is C13H27ClN2O2. The highest BCUT2D eigenvalue weighted by Gasteiger charge is 2.19. The average molecular weight is 279 g/mol. The summed E-state index contributed by atoms with van der Waals surface area (Å²) in [6, 6.07) is 0. The number of rotatable bonds is 7. The van der Waals surface area contributed by atoms with Gasteiger partial charge < -0.3 is 15.4 Å². The number of nitrogens with one attached hydrogen (secondary N) is 2. The van der Waals surface area contributed by atoms with Crippen LogP contribution in [0.5, 0.6) is 0 Å². The quantitative estimate of drug-likeness (QED) is 0.696. The Labute approximate surface area is 117 Å². The number of piperidine rings is 1. The van der Waals surface area contributed by atoms with Crippen molar-refractivity contribution in [3.63, 3.8) is 0 Å². The molecule has 0 saturated carbocycles. The van der Waals surface area contributed by atoms with Crippen molar-refractivity contribution in [3.05, 3.63) is 0 Å². The van der Waals surface area contributed by atoms with Crippen molar-refractivity contribution < 1.29 is 9.53 Å². The predicted molar refractivity (Wildman–Crippen MR) is 76.1 cm³/mol. The molecule has 0 aromatic rings. The fourth-order valence-corrected chi connectivity index (χ4v) is 1.90. The first kappa shape index (κ1) is 17.7. The van der Waals surface area contributed by atoms with E-state index in [1.54, 1.807) is 0 Å². The molecule has 1 heterocycles. The Kier molecular flexibility index (Phi) is 10.4. The SMILES string of the molecule is CC(C)CCOCCNC(=O)C1CCNCC1.Cl. The van der Waals surface area contributed by atoms with Crippen LogP contribution in [0.25, 0.3) is 0 Å². The van der Waals surface area contributed by atoms with Crippen LogP contribution < -0.4 is 10.6 Å². The largest absolute Gasteiger partial charge is 0.380 e. The van der Waals surface area contributed by atoms with Gasteiger partial charge in [0.2, 0.25) is 5.91 Å². The van der Waals surface area contributed by atoms with E-state index in [0.717, 1.165) is 39.0 Å². The number of carbonyl (C=O) groups is 1. The molecule has 1 aliphatic heterocycles. The van der Waals surface area contributed by atoms with Gasteiger partial charge in [-0.15, -0.1) is 12.4 Å². The van der Waals surface area contributed by atoms with Crippen LogP contribution in [-0.4, -0.2) is 38.8 Å². The van der Waals surface area contributed by atoms with E-state index in [-0.39, 0.29) is 24.2 Å². The van der Waals surface area contributed by atoms with Crippen molar-refractivity contribution >= 4 is 18.3 Å². The Morgan fingerprint density at radius 3 is 2.61 bits per heavy atom. The van der Waals surface area contributed by atoms with Gasteiger partial charge in [0.05, 0.1) is 6.61 Å². The van der Waals surface area contributed by atoms with E-state index in [0.29, 0.717) is 19.1 Å². The number of carbonyl (C=O) groups excluding carboxylic acids is 1. The van der Waals surface area contributed by atoms with Crippen molar-refractivity contribution in [3.8, 4) is 0 Å². The van der Waals surface area contributed by atoms with Crippen molar-refractivity contribution in [2.45, 2.75) is 33.1 Å². The molecule has 1 fully saturated rings. The highest BCUT2D eigenvalue weighted by Crippen LogP contribution is 2.10. The Balaban J connectivity index is 0.00000289. The van der Waals surface area contributed by atoms with Crippen LogP contribution in [0.1, 0.15) is 33.1 Å². The lowest BCUT2D eigenvalue weighted by molar-refractivity contribution is -0.126. The topological polar surface area (TPSA) is 50.4 Å². The summed E-state index contributed by atoms with van der Waals surface area (Å²) in [6.45, 7) is 8.35. The second-order valence-electron chi connectivity index (χ2n) is 5.11. The molecule has 0 aliphatic carbocycles. The Morgan fingerprint density at radius 1 is 1.33 bits per heavy atom. The average Bonchev–Trinajstić information content (AvgIpc) is 2.34. The van der Waals surface area contributed by atoms with Gasteiger partial charge in [0.25, 0.3) is 0 Å². The van der Waals surface area contributed by atoms with Crippen LogP contribution in [0.15, 0.2) is 0 Å². The van der Waals surface area contributed by atoms with Gasteiger partial charge in [-0.1, -0.05) is 13.8 Å². The molecule has 1 amide bonds. The third-order valence-electron chi connectivity index (χ3n) is 3.10. The maximum absolute atomic E-state index is 11.7. The molecule has 0 spiro atoms. The molecular weight excluding hydrogens is 252 g/mol. The minimum atomic E-state index is 0. The molecule has 0 radical (unpaired) electrons. The standard InChI is InChI=1S/C13H26N2O2.ClH/c1-11(2)5-9-17-10-8-15-13(16)12-3-6-14-7-4-12;/h11-12,14H,3-10H2,1-2H3,(H,15,16);1H. The van der Waals surface area contributed by atoms with Gasteiger partial charge in [0.1, 0.15) is 0 Å². The summed E-state index contributed by atoms with van der Waals surface area (Å²) < 4.78 is 5.46. The Hall–Kier alpha value is -0.320. The van der Waals surface area contributed by atoms with E-state index in [4.69, 9.17) is 4.74 Å². The van der Waals surface area contributed by atoms with Crippen molar-refractivity contribution in [1.82, 2.24) is 10.6 Å². The van der Waals surface area contributed by atoms with E-state index < -0.39 is 0 Å². The first-order valence-corrected chi connectivity index (χ1v) is 6.76. The van der Waals surface area contributed by atoms with E-state index in [1.807, 2.05) is 0 Å². The van der Waals surface area contributed by atoms with Gasteiger partial charge in [-0.05, 0) is 38.3 Å². The summed E-state index contributed by atoms with van der Waals surface area (Å²) in [7, 11) is 0. The third-order valence-corrected chi connectivity index (χ3v) is 3.10. The van der Waals surface area contributed by atoms with E-state index in [9.17, 15) is 4.79 Å². The monoisotopic (exact) mass is 278 g/mol. The fraction of sp³-hybridized carbons (Fsp3) is 0.923. The van der Waals surface area contributed by atoms with Gasteiger partial charge in [-0.2, -0.15) is 0 Å². The summed E-state index contributed by atoms with van der Waals surface area (Å²) in [5.41, 5.74) is 0. The molecule has 1 rings (SSSR count). The van der Waals surface area contributed by atoms with Crippen LogP contribution in [0.3, 0.4) is 0 Å². The fourth-order valence-electron chi connectivity index (χ4n) is 1.90. The van der Waals surface area contributed by atoms with E-state index in [1.165, 1.54) is 0 Å². The highest BCUT2D eigenvalue weighted by molar-refractivity contribution is 5.85. The molecule has 0 bridgehead atoms. The maximum atomic E-state index is 11.7. The van der Waals surface area contributed by atoms with Gasteiger partial charge in [0, 0.05) is 19.1 Å². The lowest BCUT2D eigenvalue weighted by atomic mass is 9.97. The summed E-state index contributed by atoms with van der Waals surface area (Å²) in [5.74, 6) is 1.07. The van der Waals surface area contributed by atoms with Gasteiger partial charge in [-0.3, -0.25) is 4.79 Å². The number of hydrogen-bond acceptors (Lipinski definition) is 3. The first-order chi connectivity index (χ1) is 8.20. The number of hydrogen-bond donors (Lipinski definition) is 2. The molecule has 0 unspecified atom stereocenters. The molecule has 1 aliphatic rings. The Morgan fingerprint density at radius 2 is 2.00 bits per heavy atom. The second-order valence-corrected chi connectivity index (χ2v) is 5.11. The minimum absolute atomic E-state index is 0. The number of halogens is 1. The van der Waals surface area contributed by atoms with Crippen LogP contribution in [0.4, 0.5) is 0 Å². The summed E-state index contributed by atoms with van der Waals surface area (Å²) in [4.78, 5) is 11.7. The molecule has 0 aromatic carbocycles. The molecule has 18 heavy (non-hydrogen) atoms. The third kappa shape index (κ3) is 7.90. The van der Waals surface area contributed by atoms with Crippen LogP contribution >= 0.6 is 12.4 Å². The van der Waals surface area contributed by atoms with Gasteiger partial charge in [-0.25, -0.2) is 0 Å². The zero-order valence-corrected chi connectivity index (χ0v) is 12.4. The summed E-state index contributed by atoms with van der Waals surface area (Å²) in [5, 5.41) is 6.21. The number of amides is 1. The van der Waals surface area contributed by atoms with E-state index in [2.05, 4.69) is 24.5 Å². The van der Waals surface area contributed by atoms with Gasteiger partial charge in [0.15, 0.2) is 0 Å². The lowest BCUT2D eigenvalue weighted by Crippen LogP contribution is -2.39. The lowest BCUT2D eigenvalue weighted by Gasteiger charge is -2.21. The molecule has 108 valence electrons. The van der Waals surface area contributed by atoms with Crippen molar-refractivity contribution in [2.24, 2.45) is 11.8 Å². The van der Waals surface area contributed by atoms with Crippen LogP contribution in [0, 0.1) is 11.8 Å². The van der Waals surface area contributed by atoms with Gasteiger partial charge >= 0.3 is 0 Å². The molecule has 5 heteroatoms. The highest BCUT2D eigenvalue weighted by atomic mass is 35.5. The second kappa shape index (κ2) is 10.6. The van der Waals surface area contributed by atoms with Crippen molar-refractivity contribution in [1.29, 1.82) is 0 Å². The van der Waals surface area contributed by atoms with E-state index >= 15 is 0 Å². The Bertz CT molecular complexity index is 219. The molecule has 4 nitrogen and oxygen atoms in total. The summed E-state index contributed by atoms with van der Waals surface area (Å²) in [6.07, 6.45) is 3.00. The van der Waals surface area contributed by atoms with Crippen LogP contribution in [0.2, 0.25) is 0 Å². The molecule has 0 atom stereocenters. The summed E-state index contributed by atoms with van der Waals surface area (Å²) >= 11 is 0. The molecule has 1 saturated heterocycles.